The van der Waals surface area contributed by atoms with Crippen LogP contribution in [-0.2, 0) is 23.5 Å². The molecule has 0 spiro atoms. The molecular weight excluding hydrogens is 312 g/mol. The maximum absolute atomic E-state index is 12.4. The molecule has 0 radical (unpaired) electrons. The van der Waals surface area contributed by atoms with Gasteiger partial charge in [-0.25, -0.2) is 8.42 Å². The Morgan fingerprint density at radius 2 is 2.05 bits per heavy atom. The van der Waals surface area contributed by atoms with Crippen LogP contribution >= 0.6 is 11.3 Å². The van der Waals surface area contributed by atoms with E-state index < -0.39 is 10.0 Å². The lowest BCUT2D eigenvalue weighted by molar-refractivity contribution is 0.600. The van der Waals surface area contributed by atoms with Gasteiger partial charge in [0.25, 0.3) is 10.0 Å². The van der Waals surface area contributed by atoms with Gasteiger partial charge in [-0.1, -0.05) is 25.2 Å². The maximum atomic E-state index is 12.4. The average molecular weight is 330 g/mol. The molecule has 0 amide bonds. The number of nitrogens with zero attached hydrogens (tertiary/aromatic N) is 4. The summed E-state index contributed by atoms with van der Waals surface area (Å²) in [5, 5.41) is 12.8. The molecule has 116 valence electrons. The average Bonchev–Trinajstić information content (AvgIpc) is 2.83. The monoisotopic (exact) mass is 330 g/mol. The van der Waals surface area contributed by atoms with Crippen LogP contribution in [0.3, 0.4) is 0 Å². The quantitative estimate of drug-likeness (QED) is 0.850. The van der Waals surface area contributed by atoms with Crippen LogP contribution < -0.4 is 10.5 Å². The molecule has 0 bridgehead atoms. The van der Waals surface area contributed by atoms with Crippen LogP contribution in [-0.4, -0.2) is 28.4 Å². The molecule has 0 aromatic carbocycles. The largest absolute Gasteiger partial charge is 0.381 e. The maximum Gasteiger partial charge on any atom is 0.269 e. The minimum atomic E-state index is -3.82. The number of sulfonamides is 1. The second-order valence-electron chi connectivity index (χ2n) is 5.13. The van der Waals surface area contributed by atoms with Gasteiger partial charge in [-0.2, -0.15) is 5.10 Å². The van der Waals surface area contributed by atoms with E-state index >= 15 is 0 Å². The van der Waals surface area contributed by atoms with E-state index in [-0.39, 0.29) is 15.8 Å². The van der Waals surface area contributed by atoms with E-state index in [1.807, 2.05) is 0 Å². The molecule has 0 aliphatic carbocycles. The second-order valence-corrected chi connectivity index (χ2v) is 7.81. The molecule has 8 nitrogen and oxygen atoms in total. The van der Waals surface area contributed by atoms with Crippen LogP contribution in [0.2, 0.25) is 0 Å². The number of anilines is 2. The van der Waals surface area contributed by atoms with Crippen LogP contribution in [0.25, 0.3) is 0 Å². The summed E-state index contributed by atoms with van der Waals surface area (Å²) in [5.41, 5.74) is 6.13. The Balaban J connectivity index is 2.27. The molecule has 10 heteroatoms. The van der Waals surface area contributed by atoms with Crippen LogP contribution in [0.15, 0.2) is 4.90 Å². The summed E-state index contributed by atoms with van der Waals surface area (Å²) in [6, 6.07) is 0. The van der Waals surface area contributed by atoms with Crippen molar-refractivity contribution in [2.75, 3.05) is 10.5 Å². The number of aromatic nitrogens is 4. The van der Waals surface area contributed by atoms with Gasteiger partial charge in [0.1, 0.15) is 5.01 Å². The first-order valence-corrected chi connectivity index (χ1v) is 8.65. The molecule has 2 rings (SSSR count). The van der Waals surface area contributed by atoms with Crippen molar-refractivity contribution in [1.82, 2.24) is 20.0 Å². The Morgan fingerprint density at radius 1 is 1.38 bits per heavy atom. The lowest BCUT2D eigenvalue weighted by atomic mass is 10.1. The first-order valence-electron chi connectivity index (χ1n) is 6.35. The molecule has 0 atom stereocenters. The minimum absolute atomic E-state index is 0.0226. The third kappa shape index (κ3) is 3.32. The third-order valence-corrected chi connectivity index (χ3v) is 5.34. The summed E-state index contributed by atoms with van der Waals surface area (Å²) in [7, 11) is -2.18. The van der Waals surface area contributed by atoms with Crippen molar-refractivity contribution >= 4 is 32.3 Å². The van der Waals surface area contributed by atoms with Crippen LogP contribution in [0.5, 0.6) is 0 Å². The van der Waals surface area contributed by atoms with E-state index in [0.29, 0.717) is 11.6 Å². The zero-order valence-corrected chi connectivity index (χ0v) is 13.9. The summed E-state index contributed by atoms with van der Waals surface area (Å²) in [4.78, 5) is -0.0226. The normalized spacial score (nSPS) is 12.0. The van der Waals surface area contributed by atoms with Crippen LogP contribution in [0.4, 0.5) is 10.9 Å². The molecule has 0 unspecified atom stereocenters. The van der Waals surface area contributed by atoms with Crippen LogP contribution in [0.1, 0.15) is 24.5 Å². The van der Waals surface area contributed by atoms with Crippen molar-refractivity contribution in [1.29, 1.82) is 0 Å². The highest BCUT2D eigenvalue weighted by Crippen LogP contribution is 2.26. The van der Waals surface area contributed by atoms with Gasteiger partial charge in [-0.15, -0.1) is 10.2 Å². The number of aryl methyl sites for hydroxylation is 1. The Bertz CT molecular complexity index is 747. The molecule has 2 aromatic rings. The molecule has 0 fully saturated rings. The number of nitrogens with two attached hydrogens (primary N) is 1. The topological polar surface area (TPSA) is 116 Å². The lowest BCUT2D eigenvalue weighted by Gasteiger charge is -2.04. The summed E-state index contributed by atoms with van der Waals surface area (Å²) >= 11 is 1.22. The highest BCUT2D eigenvalue weighted by Gasteiger charge is 2.26. The van der Waals surface area contributed by atoms with Crippen LogP contribution in [0, 0.1) is 12.8 Å². The zero-order valence-electron chi connectivity index (χ0n) is 12.3. The van der Waals surface area contributed by atoms with E-state index in [9.17, 15) is 8.42 Å². The molecular formula is C11H18N6O2S2. The predicted octanol–water partition coefficient (Wildman–Crippen LogP) is 1.16. The lowest BCUT2D eigenvalue weighted by Crippen LogP contribution is -2.15. The van der Waals surface area contributed by atoms with E-state index in [1.165, 1.54) is 16.0 Å². The Morgan fingerprint density at radius 3 is 2.57 bits per heavy atom. The molecule has 0 aliphatic rings. The highest BCUT2D eigenvalue weighted by molar-refractivity contribution is 7.93. The number of hydrogen-bond acceptors (Lipinski definition) is 7. The highest BCUT2D eigenvalue weighted by atomic mass is 32.2. The van der Waals surface area contributed by atoms with E-state index in [4.69, 9.17) is 5.73 Å². The molecule has 2 aromatic heterocycles. The fourth-order valence-electron chi connectivity index (χ4n) is 1.84. The number of rotatable bonds is 5. The molecule has 2 heterocycles. The standard InChI is InChI=1S/C11H18N6O2S2/c1-6(2)5-8-13-14-11(20-8)16-21(18,19)9-7(3)17(4)15-10(9)12/h6H,5H2,1-4H3,(H2,12,15)(H,14,16). The van der Waals surface area contributed by atoms with E-state index in [1.54, 1.807) is 14.0 Å². The zero-order chi connectivity index (χ0) is 15.8. The van der Waals surface area contributed by atoms with Crippen molar-refractivity contribution in [2.24, 2.45) is 13.0 Å². The molecule has 0 saturated carbocycles. The number of nitrogen functional groups attached to an aromatic ring is 1. The van der Waals surface area contributed by atoms with Gasteiger partial charge in [0, 0.05) is 13.5 Å². The van der Waals surface area contributed by atoms with Gasteiger partial charge in [-0.05, 0) is 12.8 Å². The van der Waals surface area contributed by atoms with Gasteiger partial charge in [0.05, 0.1) is 5.69 Å². The van der Waals surface area contributed by atoms with Crippen molar-refractivity contribution in [3.63, 3.8) is 0 Å². The Hall–Kier alpha value is -1.68. The van der Waals surface area contributed by atoms with Gasteiger partial charge in [0.2, 0.25) is 5.13 Å². The van der Waals surface area contributed by atoms with E-state index in [0.717, 1.165) is 11.4 Å². The van der Waals surface area contributed by atoms with Gasteiger partial charge < -0.3 is 5.73 Å². The predicted molar refractivity (Wildman–Crippen MR) is 81.6 cm³/mol. The van der Waals surface area contributed by atoms with Crippen molar-refractivity contribution in [3.05, 3.63) is 10.7 Å². The first kappa shape index (κ1) is 15.7. The first-order chi connectivity index (χ1) is 9.70. The Kier molecular flexibility index (Phi) is 4.19. The van der Waals surface area contributed by atoms with E-state index in [2.05, 4.69) is 33.9 Å². The number of nitrogens with one attached hydrogen (secondary N) is 1. The SMILES string of the molecule is Cc1c(S(=O)(=O)Nc2nnc(CC(C)C)s2)c(N)nn1C. The number of hydrogen-bond donors (Lipinski definition) is 2. The third-order valence-electron chi connectivity index (χ3n) is 2.84. The summed E-state index contributed by atoms with van der Waals surface area (Å²) in [6.45, 7) is 5.76. The summed E-state index contributed by atoms with van der Waals surface area (Å²) in [5.74, 6) is 0.396. The molecule has 0 saturated heterocycles. The summed E-state index contributed by atoms with van der Waals surface area (Å²) < 4.78 is 28.6. The fraction of sp³-hybridized carbons (Fsp3) is 0.545. The minimum Gasteiger partial charge on any atom is -0.381 e. The smallest absolute Gasteiger partial charge is 0.269 e. The molecule has 21 heavy (non-hydrogen) atoms. The molecule has 3 N–H and O–H groups in total. The van der Waals surface area contributed by atoms with Crippen molar-refractivity contribution < 1.29 is 8.42 Å². The second kappa shape index (κ2) is 5.60. The fourth-order valence-corrected chi connectivity index (χ4v) is 4.35. The van der Waals surface area contributed by atoms with Gasteiger partial charge >= 0.3 is 0 Å². The summed E-state index contributed by atoms with van der Waals surface area (Å²) in [6.07, 6.45) is 0.757. The Labute approximate surface area is 127 Å². The van der Waals surface area contributed by atoms with Gasteiger partial charge in [0.15, 0.2) is 10.7 Å². The van der Waals surface area contributed by atoms with Gasteiger partial charge in [-0.3, -0.25) is 9.40 Å². The van der Waals surface area contributed by atoms with Crippen molar-refractivity contribution in [2.45, 2.75) is 32.1 Å². The molecule has 0 aliphatic heterocycles. The van der Waals surface area contributed by atoms with Crippen molar-refractivity contribution in [3.8, 4) is 0 Å².